The number of hydrogen-bond acceptors (Lipinski definition) is 3. The van der Waals surface area contributed by atoms with Gasteiger partial charge in [-0.2, -0.15) is 0 Å². The van der Waals surface area contributed by atoms with Gasteiger partial charge in [-0.15, -0.1) is 0 Å². The van der Waals surface area contributed by atoms with E-state index in [-0.39, 0.29) is 5.78 Å². The summed E-state index contributed by atoms with van der Waals surface area (Å²) in [5, 5.41) is 0. The van der Waals surface area contributed by atoms with Gasteiger partial charge in [0.2, 0.25) is 0 Å². The summed E-state index contributed by atoms with van der Waals surface area (Å²) in [7, 11) is 1.64. The molecule has 1 aromatic carbocycles. The summed E-state index contributed by atoms with van der Waals surface area (Å²) in [6.45, 7) is 7.52. The minimum atomic E-state index is -0.467. The lowest BCUT2D eigenvalue weighted by atomic mass is 9.94. The molecule has 1 aromatic rings. The number of Topliss-reactive ketones (excluding diaryl/α,β-unsaturated/α-hetero) is 1. The van der Waals surface area contributed by atoms with Crippen molar-refractivity contribution in [1.82, 2.24) is 0 Å². The van der Waals surface area contributed by atoms with Gasteiger partial charge in [0.15, 0.2) is 5.78 Å². The normalized spacial score (nSPS) is 12.4. The fraction of sp³-hybridized carbons (Fsp3) is 0.462. The summed E-state index contributed by atoms with van der Waals surface area (Å²) in [5.74, 6) is 0.824. The first-order valence-corrected chi connectivity index (χ1v) is 5.34. The number of carbonyl (C=O) groups excluding carboxylic acids is 1. The molecule has 0 fully saturated rings. The molecular formula is C13H19NO2. The zero-order chi connectivity index (χ0) is 12.5. The zero-order valence-electron chi connectivity index (χ0n) is 10.5. The molecule has 0 aromatic heterocycles. The molecule has 3 heteroatoms. The number of methoxy groups -OCH3 is 1. The second-order valence-electron chi connectivity index (χ2n) is 4.18. The smallest absolute Gasteiger partial charge is 0.179 e. The Bertz CT molecular complexity index is 422. The molecule has 0 aliphatic rings. The lowest BCUT2D eigenvalue weighted by Gasteiger charge is -2.16. The fourth-order valence-corrected chi connectivity index (χ4v) is 1.87. The molecule has 16 heavy (non-hydrogen) atoms. The van der Waals surface area contributed by atoms with Crippen molar-refractivity contribution in [3.63, 3.8) is 0 Å². The van der Waals surface area contributed by atoms with E-state index in [1.54, 1.807) is 14.0 Å². The third kappa shape index (κ3) is 2.09. The van der Waals surface area contributed by atoms with Crippen LogP contribution in [0.1, 0.15) is 34.0 Å². The van der Waals surface area contributed by atoms with E-state index in [9.17, 15) is 4.79 Å². The van der Waals surface area contributed by atoms with Crippen LogP contribution in [0.2, 0.25) is 0 Å². The van der Waals surface area contributed by atoms with Crippen LogP contribution >= 0.6 is 0 Å². The SMILES string of the molecule is COc1c(C)cc(C(=O)C(C)N)c(C)c1C. The highest BCUT2D eigenvalue weighted by Gasteiger charge is 2.18. The van der Waals surface area contributed by atoms with Gasteiger partial charge >= 0.3 is 0 Å². The van der Waals surface area contributed by atoms with Crippen molar-refractivity contribution in [3.8, 4) is 5.75 Å². The van der Waals surface area contributed by atoms with E-state index in [0.29, 0.717) is 5.56 Å². The summed E-state index contributed by atoms with van der Waals surface area (Å²) in [5.41, 5.74) is 9.25. The van der Waals surface area contributed by atoms with Gasteiger partial charge in [0, 0.05) is 5.56 Å². The Balaban J connectivity index is 3.40. The number of benzene rings is 1. The number of hydrogen-bond donors (Lipinski definition) is 1. The van der Waals surface area contributed by atoms with Gasteiger partial charge < -0.3 is 10.5 Å². The average Bonchev–Trinajstić information content (AvgIpc) is 2.23. The van der Waals surface area contributed by atoms with Gasteiger partial charge in [-0.1, -0.05) is 0 Å². The van der Waals surface area contributed by atoms with Crippen LogP contribution in [0.15, 0.2) is 6.07 Å². The third-order valence-corrected chi connectivity index (χ3v) is 2.91. The molecule has 0 aliphatic heterocycles. The maximum atomic E-state index is 11.9. The number of aryl methyl sites for hydroxylation is 1. The van der Waals surface area contributed by atoms with Crippen LogP contribution in [-0.4, -0.2) is 18.9 Å². The molecule has 2 N–H and O–H groups in total. The van der Waals surface area contributed by atoms with Gasteiger partial charge in [-0.05, 0) is 50.5 Å². The second kappa shape index (κ2) is 4.66. The second-order valence-corrected chi connectivity index (χ2v) is 4.18. The van der Waals surface area contributed by atoms with Crippen molar-refractivity contribution in [1.29, 1.82) is 0 Å². The third-order valence-electron chi connectivity index (χ3n) is 2.91. The van der Waals surface area contributed by atoms with E-state index < -0.39 is 6.04 Å². The van der Waals surface area contributed by atoms with Crippen molar-refractivity contribution in [2.24, 2.45) is 5.73 Å². The molecule has 1 unspecified atom stereocenters. The van der Waals surface area contributed by atoms with Gasteiger partial charge in [0.25, 0.3) is 0 Å². The summed E-state index contributed by atoms with van der Waals surface area (Å²) in [6.07, 6.45) is 0. The largest absolute Gasteiger partial charge is 0.496 e. The molecule has 0 heterocycles. The summed E-state index contributed by atoms with van der Waals surface area (Å²) in [4.78, 5) is 11.9. The Morgan fingerprint density at radius 1 is 1.31 bits per heavy atom. The van der Waals surface area contributed by atoms with Crippen molar-refractivity contribution < 1.29 is 9.53 Å². The van der Waals surface area contributed by atoms with Gasteiger partial charge in [0.1, 0.15) is 5.75 Å². The van der Waals surface area contributed by atoms with E-state index in [1.807, 2.05) is 26.8 Å². The molecule has 0 saturated carbocycles. The molecular weight excluding hydrogens is 202 g/mol. The lowest BCUT2D eigenvalue weighted by molar-refractivity contribution is 0.0967. The monoisotopic (exact) mass is 221 g/mol. The Hall–Kier alpha value is -1.35. The van der Waals surface area contributed by atoms with Crippen molar-refractivity contribution >= 4 is 5.78 Å². The molecule has 1 rings (SSSR count). The van der Waals surface area contributed by atoms with Gasteiger partial charge in [-0.3, -0.25) is 4.79 Å². The maximum absolute atomic E-state index is 11.9. The van der Waals surface area contributed by atoms with Gasteiger partial charge in [-0.25, -0.2) is 0 Å². The van der Waals surface area contributed by atoms with E-state index >= 15 is 0 Å². The number of rotatable bonds is 3. The molecule has 88 valence electrons. The van der Waals surface area contributed by atoms with Crippen molar-refractivity contribution in [2.45, 2.75) is 33.7 Å². The molecule has 0 amide bonds. The first kappa shape index (κ1) is 12.7. The van der Waals surface area contributed by atoms with E-state index in [4.69, 9.17) is 10.5 Å². The summed E-state index contributed by atoms with van der Waals surface area (Å²) >= 11 is 0. The number of ether oxygens (including phenoxy) is 1. The number of ketones is 1. The van der Waals surface area contributed by atoms with Crippen molar-refractivity contribution in [3.05, 3.63) is 28.3 Å². The highest BCUT2D eigenvalue weighted by atomic mass is 16.5. The van der Waals surface area contributed by atoms with E-state index in [0.717, 1.165) is 22.4 Å². The van der Waals surface area contributed by atoms with Gasteiger partial charge in [0.05, 0.1) is 13.2 Å². The van der Waals surface area contributed by atoms with E-state index in [1.165, 1.54) is 0 Å². The molecule has 0 saturated heterocycles. The van der Waals surface area contributed by atoms with Crippen LogP contribution in [0.3, 0.4) is 0 Å². The van der Waals surface area contributed by atoms with Crippen LogP contribution in [0.5, 0.6) is 5.75 Å². The Morgan fingerprint density at radius 3 is 2.31 bits per heavy atom. The molecule has 0 aliphatic carbocycles. The zero-order valence-corrected chi connectivity index (χ0v) is 10.5. The predicted octanol–water partition coefficient (Wildman–Crippen LogP) is 2.15. The Labute approximate surface area is 96.6 Å². The van der Waals surface area contributed by atoms with Crippen LogP contribution < -0.4 is 10.5 Å². The average molecular weight is 221 g/mol. The highest BCUT2D eigenvalue weighted by molar-refractivity contribution is 6.01. The standard InChI is InChI=1S/C13H19NO2/c1-7-6-11(12(15)10(4)14)8(2)9(3)13(7)16-5/h6,10H,14H2,1-5H3. The minimum Gasteiger partial charge on any atom is -0.496 e. The lowest BCUT2D eigenvalue weighted by Crippen LogP contribution is -2.27. The quantitative estimate of drug-likeness (QED) is 0.796. The maximum Gasteiger partial charge on any atom is 0.179 e. The molecule has 0 radical (unpaired) electrons. The van der Waals surface area contributed by atoms with Crippen LogP contribution in [0.25, 0.3) is 0 Å². The topological polar surface area (TPSA) is 52.3 Å². The first-order valence-electron chi connectivity index (χ1n) is 5.34. The summed E-state index contributed by atoms with van der Waals surface area (Å²) in [6, 6.07) is 1.39. The van der Waals surface area contributed by atoms with Crippen LogP contribution in [0, 0.1) is 20.8 Å². The summed E-state index contributed by atoms with van der Waals surface area (Å²) < 4.78 is 5.31. The van der Waals surface area contributed by atoms with E-state index in [2.05, 4.69) is 0 Å². The Kier molecular flexibility index (Phi) is 3.70. The van der Waals surface area contributed by atoms with Crippen LogP contribution in [0.4, 0.5) is 0 Å². The molecule has 0 bridgehead atoms. The Morgan fingerprint density at radius 2 is 1.88 bits per heavy atom. The highest BCUT2D eigenvalue weighted by Crippen LogP contribution is 2.28. The number of carbonyl (C=O) groups is 1. The van der Waals surface area contributed by atoms with Crippen LogP contribution in [-0.2, 0) is 0 Å². The fourth-order valence-electron chi connectivity index (χ4n) is 1.87. The van der Waals surface area contributed by atoms with Crippen molar-refractivity contribution in [2.75, 3.05) is 7.11 Å². The number of nitrogens with two attached hydrogens (primary N) is 1. The molecule has 1 atom stereocenters. The minimum absolute atomic E-state index is 0.0219. The molecule has 0 spiro atoms. The first-order chi connectivity index (χ1) is 7.40. The predicted molar refractivity (Wildman–Crippen MR) is 65.2 cm³/mol. The molecule has 3 nitrogen and oxygen atoms in total.